The number of aromatic nitrogens is 2. The summed E-state index contributed by atoms with van der Waals surface area (Å²) in [6, 6.07) is 5.85. The van der Waals surface area contributed by atoms with Gasteiger partial charge in [-0.1, -0.05) is 0 Å². The number of ether oxygens (including phenoxy) is 1. The van der Waals surface area contributed by atoms with Crippen molar-refractivity contribution in [1.82, 2.24) is 9.97 Å². The second kappa shape index (κ2) is 5.53. The van der Waals surface area contributed by atoms with Gasteiger partial charge in [0.1, 0.15) is 17.4 Å². The Morgan fingerprint density at radius 2 is 2.28 bits per heavy atom. The number of hydrogen-bond donors (Lipinski definition) is 1. The molecule has 1 atom stereocenters. The van der Waals surface area contributed by atoms with Crippen LogP contribution in [0, 0.1) is 6.92 Å². The predicted molar refractivity (Wildman–Crippen MR) is 68.8 cm³/mol. The van der Waals surface area contributed by atoms with Crippen molar-refractivity contribution in [2.45, 2.75) is 26.3 Å². The molecule has 1 N–H and O–H groups in total. The molecular weight excluding hydrogens is 230 g/mol. The molecule has 2 rings (SSSR count). The maximum atomic E-state index is 5.31. The zero-order valence-corrected chi connectivity index (χ0v) is 10.8. The van der Waals surface area contributed by atoms with E-state index in [0.717, 1.165) is 18.0 Å². The number of nitrogens with zero attached hydrogens (tertiary/aromatic N) is 2. The Kier molecular flexibility index (Phi) is 3.82. The summed E-state index contributed by atoms with van der Waals surface area (Å²) in [6.45, 7) is 3.91. The van der Waals surface area contributed by atoms with Gasteiger partial charge in [0, 0.05) is 18.5 Å². The third-order valence-corrected chi connectivity index (χ3v) is 2.51. The first-order valence-electron chi connectivity index (χ1n) is 5.86. The van der Waals surface area contributed by atoms with Crippen LogP contribution in [0.3, 0.4) is 0 Å². The Hall–Kier alpha value is -2.04. The molecule has 0 radical (unpaired) electrons. The molecule has 0 bridgehead atoms. The van der Waals surface area contributed by atoms with E-state index in [4.69, 9.17) is 9.15 Å². The Morgan fingerprint density at radius 1 is 1.44 bits per heavy atom. The van der Waals surface area contributed by atoms with Gasteiger partial charge in [0.2, 0.25) is 5.88 Å². The molecule has 0 fully saturated rings. The summed E-state index contributed by atoms with van der Waals surface area (Å²) >= 11 is 0. The van der Waals surface area contributed by atoms with Crippen molar-refractivity contribution in [3.63, 3.8) is 0 Å². The van der Waals surface area contributed by atoms with E-state index in [9.17, 15) is 0 Å². The number of hydrogen-bond acceptors (Lipinski definition) is 5. The molecule has 0 aliphatic rings. The lowest BCUT2D eigenvalue weighted by molar-refractivity contribution is 0.396. The lowest BCUT2D eigenvalue weighted by Gasteiger charge is -2.14. The molecule has 0 aliphatic heterocycles. The largest absolute Gasteiger partial charge is 0.481 e. The summed E-state index contributed by atoms with van der Waals surface area (Å²) in [5.74, 6) is 2.96. The lowest BCUT2D eigenvalue weighted by Crippen LogP contribution is -2.19. The van der Waals surface area contributed by atoms with Gasteiger partial charge in [-0.15, -0.1) is 0 Å². The Morgan fingerprint density at radius 3 is 2.94 bits per heavy atom. The highest BCUT2D eigenvalue weighted by Crippen LogP contribution is 2.15. The maximum absolute atomic E-state index is 5.31. The minimum Gasteiger partial charge on any atom is -0.481 e. The zero-order chi connectivity index (χ0) is 13.0. The van der Waals surface area contributed by atoms with Crippen molar-refractivity contribution >= 4 is 5.82 Å². The summed E-state index contributed by atoms with van der Waals surface area (Å²) in [7, 11) is 1.60. The van der Waals surface area contributed by atoms with Gasteiger partial charge in [0.25, 0.3) is 0 Å². The monoisotopic (exact) mass is 247 g/mol. The molecule has 5 nitrogen and oxygen atoms in total. The second-order valence-electron chi connectivity index (χ2n) is 4.17. The van der Waals surface area contributed by atoms with Crippen LogP contribution in [0.15, 0.2) is 28.9 Å². The normalized spacial score (nSPS) is 12.2. The number of methoxy groups -OCH3 is 1. The van der Waals surface area contributed by atoms with Crippen LogP contribution in [0.5, 0.6) is 5.88 Å². The van der Waals surface area contributed by atoms with Crippen molar-refractivity contribution in [3.05, 3.63) is 36.0 Å². The van der Waals surface area contributed by atoms with Crippen LogP contribution in [0.4, 0.5) is 5.82 Å². The first-order chi connectivity index (χ1) is 8.67. The van der Waals surface area contributed by atoms with Crippen LogP contribution in [0.2, 0.25) is 0 Å². The van der Waals surface area contributed by atoms with Gasteiger partial charge in [0.05, 0.1) is 13.4 Å². The molecule has 2 heterocycles. The van der Waals surface area contributed by atoms with Crippen LogP contribution in [0.1, 0.15) is 18.5 Å². The smallest absolute Gasteiger partial charge is 0.218 e. The number of anilines is 1. The molecule has 0 saturated carbocycles. The van der Waals surface area contributed by atoms with Gasteiger partial charge in [-0.05, 0) is 26.0 Å². The molecular formula is C13H17N3O2. The molecule has 1 unspecified atom stereocenters. The van der Waals surface area contributed by atoms with E-state index < -0.39 is 0 Å². The van der Waals surface area contributed by atoms with Crippen molar-refractivity contribution in [2.75, 3.05) is 12.4 Å². The molecule has 0 amide bonds. The summed E-state index contributed by atoms with van der Waals surface area (Å²) < 4.78 is 10.4. The van der Waals surface area contributed by atoms with Gasteiger partial charge in [-0.3, -0.25) is 0 Å². The summed E-state index contributed by atoms with van der Waals surface area (Å²) in [4.78, 5) is 8.46. The van der Waals surface area contributed by atoms with Crippen molar-refractivity contribution in [3.8, 4) is 5.88 Å². The number of rotatable bonds is 5. The Bertz CT molecular complexity index is 497. The van der Waals surface area contributed by atoms with Crippen molar-refractivity contribution < 1.29 is 9.15 Å². The summed E-state index contributed by atoms with van der Waals surface area (Å²) in [5, 5.41) is 3.30. The quantitative estimate of drug-likeness (QED) is 0.879. The van der Waals surface area contributed by atoms with Crippen molar-refractivity contribution in [1.29, 1.82) is 0 Å². The third kappa shape index (κ3) is 3.23. The highest BCUT2D eigenvalue weighted by Gasteiger charge is 2.08. The van der Waals surface area contributed by atoms with Crippen LogP contribution < -0.4 is 10.1 Å². The third-order valence-electron chi connectivity index (χ3n) is 2.51. The van der Waals surface area contributed by atoms with Crippen LogP contribution in [0.25, 0.3) is 0 Å². The minimum atomic E-state index is 0.218. The maximum Gasteiger partial charge on any atom is 0.218 e. The highest BCUT2D eigenvalue weighted by molar-refractivity contribution is 5.39. The van der Waals surface area contributed by atoms with Crippen molar-refractivity contribution in [2.24, 2.45) is 0 Å². The molecule has 0 aliphatic carbocycles. The van der Waals surface area contributed by atoms with Gasteiger partial charge >= 0.3 is 0 Å². The SMILES string of the molecule is COc1cc(NC(C)Cc2ccco2)nc(C)n1. The molecule has 2 aromatic heterocycles. The average Bonchev–Trinajstić information content (AvgIpc) is 2.80. The Labute approximate surface area is 106 Å². The fraction of sp³-hybridized carbons (Fsp3) is 0.385. The van der Waals surface area contributed by atoms with Crippen LogP contribution in [-0.4, -0.2) is 23.1 Å². The molecule has 96 valence electrons. The van der Waals surface area contributed by atoms with E-state index in [1.165, 1.54) is 0 Å². The predicted octanol–water partition coefficient (Wildman–Crippen LogP) is 2.43. The van der Waals surface area contributed by atoms with E-state index >= 15 is 0 Å². The fourth-order valence-electron chi connectivity index (χ4n) is 1.75. The number of furan rings is 1. The fourth-order valence-corrected chi connectivity index (χ4v) is 1.75. The Balaban J connectivity index is 2.02. The van der Waals surface area contributed by atoms with E-state index in [0.29, 0.717) is 11.7 Å². The van der Waals surface area contributed by atoms with E-state index in [1.54, 1.807) is 19.4 Å². The summed E-state index contributed by atoms with van der Waals surface area (Å²) in [6.07, 6.45) is 2.48. The van der Waals surface area contributed by atoms with E-state index in [2.05, 4.69) is 22.2 Å². The second-order valence-corrected chi connectivity index (χ2v) is 4.17. The van der Waals surface area contributed by atoms with Gasteiger partial charge in [-0.25, -0.2) is 4.98 Å². The van der Waals surface area contributed by atoms with E-state index in [-0.39, 0.29) is 6.04 Å². The van der Waals surface area contributed by atoms with Gasteiger partial charge in [0.15, 0.2) is 0 Å². The standard InChI is InChI=1S/C13H17N3O2/c1-9(7-11-5-4-6-18-11)14-12-8-13(17-3)16-10(2)15-12/h4-6,8-9H,7H2,1-3H3,(H,14,15,16). The zero-order valence-electron chi connectivity index (χ0n) is 10.8. The average molecular weight is 247 g/mol. The van der Waals surface area contributed by atoms with Gasteiger partial charge < -0.3 is 14.5 Å². The molecule has 0 saturated heterocycles. The number of nitrogens with one attached hydrogen (secondary N) is 1. The highest BCUT2D eigenvalue weighted by atomic mass is 16.5. The molecule has 0 spiro atoms. The summed E-state index contributed by atoms with van der Waals surface area (Å²) in [5.41, 5.74) is 0. The molecule has 5 heteroatoms. The first kappa shape index (κ1) is 12.4. The first-order valence-corrected chi connectivity index (χ1v) is 5.86. The molecule has 0 aromatic carbocycles. The van der Waals surface area contributed by atoms with Crippen LogP contribution >= 0.6 is 0 Å². The minimum absolute atomic E-state index is 0.218. The lowest BCUT2D eigenvalue weighted by atomic mass is 10.2. The topological polar surface area (TPSA) is 60.2 Å². The molecule has 18 heavy (non-hydrogen) atoms. The molecule has 2 aromatic rings. The van der Waals surface area contributed by atoms with E-state index in [1.807, 2.05) is 19.1 Å². The number of aryl methyl sites for hydroxylation is 1. The van der Waals surface area contributed by atoms with Crippen LogP contribution in [-0.2, 0) is 6.42 Å². The van der Waals surface area contributed by atoms with Gasteiger partial charge in [-0.2, -0.15) is 4.98 Å².